The van der Waals surface area contributed by atoms with Crippen molar-refractivity contribution in [2.24, 2.45) is 5.92 Å². The Morgan fingerprint density at radius 1 is 0.355 bits per heavy atom. The molecule has 0 radical (unpaired) electrons. The maximum Gasteiger partial charge on any atom is 0.175 e. The first-order valence-corrected chi connectivity index (χ1v) is 38.8. The van der Waals surface area contributed by atoms with Gasteiger partial charge in [-0.3, -0.25) is 58.3 Å². The minimum Gasteiger partial charge on any atom is -0.298 e. The van der Waals surface area contributed by atoms with Crippen molar-refractivity contribution in [1.82, 2.24) is 39.9 Å². The van der Waals surface area contributed by atoms with Gasteiger partial charge in [0.1, 0.15) is 61.1 Å². The van der Waals surface area contributed by atoms with E-state index in [1.54, 1.807) is 42.0 Å². The van der Waals surface area contributed by atoms with E-state index in [0.29, 0.717) is 63.0 Å². The van der Waals surface area contributed by atoms with E-state index < -0.39 is 35.3 Å². The summed E-state index contributed by atoms with van der Waals surface area (Å²) in [7, 11) is 0. The lowest BCUT2D eigenvalue weighted by atomic mass is 9.95. The van der Waals surface area contributed by atoms with E-state index in [1.807, 2.05) is 189 Å². The number of thiazole rings is 4. The molecule has 4 fully saturated rings. The lowest BCUT2D eigenvalue weighted by molar-refractivity contribution is -0.126. The van der Waals surface area contributed by atoms with Crippen LogP contribution in [-0.4, -0.2) is 86.1 Å². The van der Waals surface area contributed by atoms with Crippen LogP contribution in [0, 0.1) is 72.9 Å². The van der Waals surface area contributed by atoms with Crippen molar-refractivity contribution in [2.45, 2.75) is 111 Å². The first-order valence-electron chi connectivity index (χ1n) is 35.5. The Morgan fingerprint density at radius 3 is 0.973 bits per heavy atom. The number of allylic oxidation sites excluding steroid dienone is 3. The van der Waals surface area contributed by atoms with Crippen LogP contribution in [0.4, 0.5) is 8.78 Å². The van der Waals surface area contributed by atoms with Crippen LogP contribution in [0.2, 0.25) is 0 Å². The van der Waals surface area contributed by atoms with E-state index in [2.05, 4.69) is 34.9 Å². The quantitative estimate of drug-likeness (QED) is 0.0770. The third-order valence-electron chi connectivity index (χ3n) is 19.2. The van der Waals surface area contributed by atoms with Gasteiger partial charge in [0.15, 0.2) is 40.5 Å². The predicted octanol–water partition coefficient (Wildman–Crippen LogP) is 18.2. The average Bonchev–Trinajstić information content (AvgIpc) is 1.65. The van der Waals surface area contributed by atoms with E-state index in [9.17, 15) is 47.1 Å². The number of carbonyl (C=O) groups excluding carboxylic acids is 8. The van der Waals surface area contributed by atoms with Gasteiger partial charge in [-0.1, -0.05) is 131 Å². The Morgan fingerprint density at radius 2 is 0.673 bits per heavy atom. The minimum atomic E-state index is -0.873. The fourth-order valence-electron chi connectivity index (χ4n) is 13.3. The number of aromatic nitrogens is 8. The molecule has 0 aliphatic heterocycles. The highest BCUT2D eigenvalue weighted by molar-refractivity contribution is 7.16. The summed E-state index contributed by atoms with van der Waals surface area (Å²) in [6.45, 7) is 15.7. The fraction of sp³-hybridized carbons (Fsp3) is 0.205. The first-order chi connectivity index (χ1) is 52.9. The number of pyridine rings is 4. The predicted molar refractivity (Wildman–Crippen MR) is 426 cm³/mol. The number of carbonyl (C=O) groups is 8. The minimum absolute atomic E-state index is 0.0190. The number of Topliss-reactive ketones (excluding diaryl/α,β-unsaturated/α-hetero) is 8. The molecule has 5 unspecified atom stereocenters. The van der Waals surface area contributed by atoms with Crippen LogP contribution >= 0.6 is 45.3 Å². The molecule has 4 aliphatic rings. The van der Waals surface area contributed by atoms with Gasteiger partial charge in [-0.05, 0) is 129 Å². The molecule has 12 aromatic rings. The molecule has 0 saturated heterocycles. The zero-order chi connectivity index (χ0) is 77.6. The molecular formula is C88H72F2N8O8S4. The van der Waals surface area contributed by atoms with Gasteiger partial charge in [0, 0.05) is 108 Å². The number of halogens is 2. The van der Waals surface area contributed by atoms with Crippen molar-refractivity contribution in [3.63, 3.8) is 0 Å². The second kappa shape index (κ2) is 33.5. The van der Waals surface area contributed by atoms with Gasteiger partial charge < -0.3 is 0 Å². The topological polar surface area (TPSA) is 240 Å². The fourth-order valence-corrected chi connectivity index (χ4v) is 17.2. The van der Waals surface area contributed by atoms with Crippen molar-refractivity contribution in [1.29, 1.82) is 0 Å². The number of aryl methyl sites for hydroxylation is 8. The Labute approximate surface area is 650 Å². The van der Waals surface area contributed by atoms with E-state index in [0.717, 1.165) is 91.0 Å². The Hall–Kier alpha value is -11.6. The highest BCUT2D eigenvalue weighted by Crippen LogP contribution is 2.43. The third kappa shape index (κ3) is 17.4. The molecule has 8 aromatic heterocycles. The largest absolute Gasteiger partial charge is 0.298 e. The van der Waals surface area contributed by atoms with Crippen LogP contribution in [0.1, 0.15) is 137 Å². The lowest BCUT2D eigenvalue weighted by Gasteiger charge is -2.08. The number of rotatable bonds is 13. The Bertz CT molecular complexity index is 5460. The van der Waals surface area contributed by atoms with Crippen molar-refractivity contribution in [3.05, 3.63) is 298 Å². The summed E-state index contributed by atoms with van der Waals surface area (Å²) in [4.78, 5) is 141. The monoisotopic (exact) mass is 1530 g/mol. The standard InChI is InChI=1S/2C22H17FN2O2S.C22H20N2O2S.C22H18N2O2S/c2*1-12-3-5-14(6-4-12)22-25-20(13(2)28-22)19-18(26)10-15(21(19)27)9-17-8-7-16(23)11-24-17;2*1-13-6-8-15(9-7-13)22-24-20(14(2)27-22)19-18(25)12-16(21(19)26)11-17-5-3-4-10-23-17/h2*3-9,11,19H,10H2,1-2H3;3-10,16,19H,11-12H2,1-2H3;3-11,19H,12H2,1-2H3/b15-9+;15-9-;;16-11-. The zero-order valence-electron chi connectivity index (χ0n) is 61.2. The van der Waals surface area contributed by atoms with Crippen LogP contribution in [0.5, 0.6) is 0 Å². The maximum atomic E-state index is 13.0. The van der Waals surface area contributed by atoms with Crippen molar-refractivity contribution in [3.8, 4) is 42.3 Å². The molecule has 16 rings (SSSR count). The molecule has 0 amide bonds. The van der Waals surface area contributed by atoms with Crippen LogP contribution in [0.3, 0.4) is 0 Å². The smallest absolute Gasteiger partial charge is 0.175 e. The molecular weight excluding hydrogens is 1460 g/mol. The van der Waals surface area contributed by atoms with Gasteiger partial charge in [0.05, 0.1) is 52.3 Å². The lowest BCUT2D eigenvalue weighted by Crippen LogP contribution is -2.18. The second-order valence-corrected chi connectivity index (χ2v) is 32.2. The van der Waals surface area contributed by atoms with Gasteiger partial charge in [-0.2, -0.15) is 0 Å². The van der Waals surface area contributed by atoms with Crippen LogP contribution in [0.25, 0.3) is 60.5 Å². The van der Waals surface area contributed by atoms with Crippen molar-refractivity contribution < 1.29 is 47.1 Å². The molecule has 4 aromatic carbocycles. The summed E-state index contributed by atoms with van der Waals surface area (Å²) in [5, 5.41) is 3.29. The van der Waals surface area contributed by atoms with Crippen molar-refractivity contribution >= 4 is 110 Å². The third-order valence-corrected chi connectivity index (χ3v) is 23.3. The van der Waals surface area contributed by atoms with Gasteiger partial charge in [0.25, 0.3) is 0 Å². The molecule has 4 saturated carbocycles. The number of hydrogen-bond donors (Lipinski definition) is 0. The summed E-state index contributed by atoms with van der Waals surface area (Å²) in [5.41, 5.74) is 14.6. The Kier molecular flexibility index (Phi) is 23.3. The summed E-state index contributed by atoms with van der Waals surface area (Å²) in [6.07, 6.45) is 11.4. The molecule has 22 heteroatoms. The SMILES string of the molecule is Cc1ccc(-c2nc(C3C(=O)C/C(=C/c4ccc(F)cn4)C3=O)c(C)s2)cc1.Cc1ccc(-c2nc(C3C(=O)C/C(=C/c4ccccn4)C3=O)c(C)s2)cc1.Cc1ccc(-c2nc(C3C(=O)C/C(=C\c4ccc(F)cn4)C3=O)c(C)s2)cc1.Cc1ccc(-c2nc(C3C(=O)CC(Cc4ccccn4)C3=O)c(C)s2)cc1. The molecule has 16 nitrogen and oxygen atoms in total. The zero-order valence-corrected chi connectivity index (χ0v) is 64.5. The molecule has 0 spiro atoms. The molecule has 4 aliphatic carbocycles. The molecule has 110 heavy (non-hydrogen) atoms. The molecule has 550 valence electrons. The van der Waals surface area contributed by atoms with E-state index in [1.165, 1.54) is 69.4 Å². The van der Waals surface area contributed by atoms with Gasteiger partial charge >= 0.3 is 0 Å². The maximum absolute atomic E-state index is 13.0. The molecule has 0 N–H and O–H groups in total. The molecule has 5 atom stereocenters. The normalized spacial score (nSPS) is 18.6. The number of hydrogen-bond acceptors (Lipinski definition) is 20. The number of nitrogens with zero attached hydrogens (tertiary/aromatic N) is 8. The van der Waals surface area contributed by atoms with E-state index >= 15 is 0 Å². The summed E-state index contributed by atoms with van der Waals surface area (Å²) in [5.74, 6) is -5.59. The summed E-state index contributed by atoms with van der Waals surface area (Å²) in [6, 6.07) is 48.9. The van der Waals surface area contributed by atoms with Crippen LogP contribution in [-0.2, 0) is 44.8 Å². The van der Waals surface area contributed by atoms with E-state index in [4.69, 9.17) is 4.98 Å². The summed E-state index contributed by atoms with van der Waals surface area (Å²) >= 11 is 6.03. The average molecular weight is 1540 g/mol. The van der Waals surface area contributed by atoms with Gasteiger partial charge in [-0.15, -0.1) is 45.3 Å². The second-order valence-electron chi connectivity index (χ2n) is 27.4. The van der Waals surface area contributed by atoms with E-state index in [-0.39, 0.29) is 77.9 Å². The molecule has 0 bridgehead atoms. The number of ketones is 8. The molecule has 8 heterocycles. The highest BCUT2D eigenvalue weighted by atomic mass is 32.1. The van der Waals surface area contributed by atoms with Gasteiger partial charge in [0.2, 0.25) is 0 Å². The number of benzene rings is 4. The first kappa shape index (κ1) is 76.6. The van der Waals surface area contributed by atoms with Crippen LogP contribution < -0.4 is 0 Å². The van der Waals surface area contributed by atoms with Gasteiger partial charge in [-0.25, -0.2) is 28.7 Å². The highest BCUT2D eigenvalue weighted by Gasteiger charge is 2.46. The van der Waals surface area contributed by atoms with Crippen molar-refractivity contribution in [2.75, 3.05) is 0 Å². The Balaban J connectivity index is 0.000000129. The van der Waals surface area contributed by atoms with Crippen LogP contribution in [0.15, 0.2) is 199 Å². The summed E-state index contributed by atoms with van der Waals surface area (Å²) < 4.78 is 26.0.